The zero-order valence-electron chi connectivity index (χ0n) is 6.48. The standard InChI is InChI=1S/C5H11NO.C2H4/c1-4-7-6-5(2)3;1-2/h4H2,1-3H3;1-2H2. The molecule has 0 rings (SSSR count). The van der Waals surface area contributed by atoms with Crippen LogP contribution >= 0.6 is 0 Å². The quantitative estimate of drug-likeness (QED) is 0.318. The fourth-order valence-electron chi connectivity index (χ4n) is 0.194. The Balaban J connectivity index is 0. The van der Waals surface area contributed by atoms with Gasteiger partial charge in [-0.25, -0.2) is 0 Å². The van der Waals surface area contributed by atoms with Crippen LogP contribution < -0.4 is 0 Å². The number of hydrogen-bond acceptors (Lipinski definition) is 2. The highest BCUT2D eigenvalue weighted by molar-refractivity contribution is 5.78. The SMILES string of the molecule is C=C.CCON=C(C)C. The van der Waals surface area contributed by atoms with Gasteiger partial charge in [0.05, 0.1) is 5.71 Å². The van der Waals surface area contributed by atoms with Gasteiger partial charge in [-0.15, -0.1) is 13.2 Å². The first kappa shape index (κ1) is 11.1. The minimum absolute atomic E-state index is 0.658. The highest BCUT2D eigenvalue weighted by Gasteiger charge is 1.73. The van der Waals surface area contributed by atoms with Crippen molar-refractivity contribution in [2.45, 2.75) is 20.8 Å². The van der Waals surface area contributed by atoms with Gasteiger partial charge in [-0.05, 0) is 20.8 Å². The molecule has 0 aliphatic carbocycles. The van der Waals surface area contributed by atoms with Crippen LogP contribution in [0.2, 0.25) is 0 Å². The van der Waals surface area contributed by atoms with Crippen molar-refractivity contribution in [3.05, 3.63) is 13.2 Å². The van der Waals surface area contributed by atoms with Gasteiger partial charge < -0.3 is 4.84 Å². The Kier molecular flexibility index (Phi) is 12.6. The molecule has 0 aromatic rings. The fourth-order valence-corrected chi connectivity index (χ4v) is 0.194. The largest absolute Gasteiger partial charge is 0.396 e. The summed E-state index contributed by atoms with van der Waals surface area (Å²) in [6, 6.07) is 0. The van der Waals surface area contributed by atoms with Gasteiger partial charge in [-0.3, -0.25) is 0 Å². The Morgan fingerprint density at radius 2 is 1.89 bits per heavy atom. The molecular weight excluding hydrogens is 114 g/mol. The second-order valence-corrected chi connectivity index (χ2v) is 1.46. The van der Waals surface area contributed by atoms with Crippen molar-refractivity contribution in [1.82, 2.24) is 0 Å². The van der Waals surface area contributed by atoms with Crippen molar-refractivity contribution in [2.24, 2.45) is 5.16 Å². The van der Waals surface area contributed by atoms with Gasteiger partial charge in [0.2, 0.25) is 0 Å². The summed E-state index contributed by atoms with van der Waals surface area (Å²) in [4.78, 5) is 4.68. The molecule has 0 aliphatic rings. The molecule has 0 fully saturated rings. The van der Waals surface area contributed by atoms with Gasteiger partial charge in [0.1, 0.15) is 6.61 Å². The molecule has 0 saturated heterocycles. The van der Waals surface area contributed by atoms with E-state index in [1.54, 1.807) is 0 Å². The van der Waals surface area contributed by atoms with Crippen LogP contribution in [0.5, 0.6) is 0 Å². The van der Waals surface area contributed by atoms with Gasteiger partial charge in [0.15, 0.2) is 0 Å². The first-order valence-electron chi connectivity index (χ1n) is 2.90. The first-order chi connectivity index (χ1) is 4.27. The van der Waals surface area contributed by atoms with Crippen molar-refractivity contribution in [3.63, 3.8) is 0 Å². The van der Waals surface area contributed by atoms with Crippen molar-refractivity contribution in [3.8, 4) is 0 Å². The molecule has 2 nitrogen and oxygen atoms in total. The molecule has 0 saturated carbocycles. The normalized spacial score (nSPS) is 6.56. The van der Waals surface area contributed by atoms with E-state index in [1.165, 1.54) is 0 Å². The molecule has 0 aliphatic heterocycles. The van der Waals surface area contributed by atoms with Gasteiger partial charge in [-0.2, -0.15) is 0 Å². The molecule has 0 bridgehead atoms. The molecule has 0 atom stereocenters. The van der Waals surface area contributed by atoms with Gasteiger partial charge in [-0.1, -0.05) is 5.16 Å². The molecule has 2 heteroatoms. The van der Waals surface area contributed by atoms with Gasteiger partial charge in [0, 0.05) is 0 Å². The average molecular weight is 129 g/mol. The predicted molar refractivity (Wildman–Crippen MR) is 41.7 cm³/mol. The number of hydrogen-bond donors (Lipinski definition) is 0. The van der Waals surface area contributed by atoms with Crippen molar-refractivity contribution >= 4 is 5.71 Å². The molecule has 0 heterocycles. The maximum absolute atomic E-state index is 4.68. The van der Waals surface area contributed by atoms with Crippen molar-refractivity contribution < 1.29 is 4.84 Å². The average Bonchev–Trinajstić information content (AvgIpc) is 1.88. The highest BCUT2D eigenvalue weighted by atomic mass is 16.6. The van der Waals surface area contributed by atoms with Crippen LogP contribution in [0.25, 0.3) is 0 Å². The van der Waals surface area contributed by atoms with E-state index in [0.717, 1.165) is 5.71 Å². The Morgan fingerprint density at radius 3 is 2.00 bits per heavy atom. The van der Waals surface area contributed by atoms with Gasteiger partial charge >= 0.3 is 0 Å². The summed E-state index contributed by atoms with van der Waals surface area (Å²) >= 11 is 0. The van der Waals surface area contributed by atoms with Crippen LogP contribution in [0.1, 0.15) is 20.8 Å². The highest BCUT2D eigenvalue weighted by Crippen LogP contribution is 1.76. The van der Waals surface area contributed by atoms with E-state index >= 15 is 0 Å². The van der Waals surface area contributed by atoms with Gasteiger partial charge in [0.25, 0.3) is 0 Å². The predicted octanol–water partition coefficient (Wildman–Crippen LogP) is 2.22. The van der Waals surface area contributed by atoms with Crippen LogP contribution in [0.4, 0.5) is 0 Å². The monoisotopic (exact) mass is 129 g/mol. The Hall–Kier alpha value is -0.790. The van der Waals surface area contributed by atoms with Crippen LogP contribution in [-0.4, -0.2) is 12.3 Å². The summed E-state index contributed by atoms with van der Waals surface area (Å²) < 4.78 is 0. The minimum Gasteiger partial charge on any atom is -0.396 e. The lowest BCUT2D eigenvalue weighted by Gasteiger charge is -1.89. The topological polar surface area (TPSA) is 21.6 Å². The second kappa shape index (κ2) is 10.2. The molecular formula is C7H15NO. The van der Waals surface area contributed by atoms with Crippen LogP contribution in [-0.2, 0) is 4.84 Å². The third-order valence-corrected chi connectivity index (χ3v) is 0.376. The summed E-state index contributed by atoms with van der Waals surface area (Å²) in [6.07, 6.45) is 0. The number of rotatable bonds is 2. The third kappa shape index (κ3) is 19.0. The fraction of sp³-hybridized carbons (Fsp3) is 0.571. The van der Waals surface area contributed by atoms with Crippen LogP contribution in [0.15, 0.2) is 18.3 Å². The van der Waals surface area contributed by atoms with E-state index in [-0.39, 0.29) is 0 Å². The van der Waals surface area contributed by atoms with Crippen molar-refractivity contribution in [1.29, 1.82) is 0 Å². The molecule has 0 amide bonds. The van der Waals surface area contributed by atoms with Crippen LogP contribution in [0, 0.1) is 0 Å². The summed E-state index contributed by atoms with van der Waals surface area (Å²) in [6.45, 7) is 12.4. The minimum atomic E-state index is 0.658. The van der Waals surface area contributed by atoms with E-state index in [1.807, 2.05) is 20.8 Å². The van der Waals surface area contributed by atoms with Crippen LogP contribution in [0.3, 0.4) is 0 Å². The molecule has 0 spiro atoms. The summed E-state index contributed by atoms with van der Waals surface area (Å²) in [7, 11) is 0. The second-order valence-electron chi connectivity index (χ2n) is 1.46. The maximum atomic E-state index is 4.68. The summed E-state index contributed by atoms with van der Waals surface area (Å²) in [5, 5.41) is 3.66. The molecule has 0 radical (unpaired) electrons. The summed E-state index contributed by atoms with van der Waals surface area (Å²) in [5.41, 5.74) is 0.960. The maximum Gasteiger partial charge on any atom is 0.114 e. The molecule has 0 aromatic carbocycles. The lowest BCUT2D eigenvalue weighted by atomic mass is 10.5. The van der Waals surface area contributed by atoms with E-state index in [9.17, 15) is 0 Å². The Morgan fingerprint density at radius 1 is 1.44 bits per heavy atom. The zero-order chi connectivity index (χ0) is 7.70. The Labute approximate surface area is 57.2 Å². The summed E-state index contributed by atoms with van der Waals surface area (Å²) in [5.74, 6) is 0. The number of nitrogens with zero attached hydrogens (tertiary/aromatic N) is 1. The van der Waals surface area contributed by atoms with E-state index in [2.05, 4.69) is 23.2 Å². The molecule has 54 valence electrons. The van der Waals surface area contributed by atoms with E-state index < -0.39 is 0 Å². The Bertz CT molecular complexity index is 75.0. The smallest absolute Gasteiger partial charge is 0.114 e. The molecule has 9 heavy (non-hydrogen) atoms. The molecule has 0 unspecified atom stereocenters. The van der Waals surface area contributed by atoms with E-state index in [0.29, 0.717) is 6.61 Å². The number of oxime groups is 1. The molecule has 0 N–H and O–H groups in total. The zero-order valence-corrected chi connectivity index (χ0v) is 6.48. The third-order valence-electron chi connectivity index (χ3n) is 0.376. The first-order valence-corrected chi connectivity index (χ1v) is 2.90. The van der Waals surface area contributed by atoms with E-state index in [4.69, 9.17) is 0 Å². The van der Waals surface area contributed by atoms with Crippen molar-refractivity contribution in [2.75, 3.05) is 6.61 Å². The lowest BCUT2D eigenvalue weighted by molar-refractivity contribution is 0.158. The lowest BCUT2D eigenvalue weighted by Crippen LogP contribution is -1.84. The molecule has 0 aromatic heterocycles.